The number of para-hydroxylation sites is 2. The number of carboxylic acids is 1. The van der Waals surface area contributed by atoms with Crippen molar-refractivity contribution in [3.8, 4) is 17.2 Å². The van der Waals surface area contributed by atoms with Crippen molar-refractivity contribution in [1.29, 1.82) is 0 Å². The van der Waals surface area contributed by atoms with Gasteiger partial charge in [0.2, 0.25) is 0 Å². The molecule has 1 N–H and O–H groups in total. The molecule has 0 unspecified atom stereocenters. The Bertz CT molecular complexity index is 654. The minimum absolute atomic E-state index is 0.112. The molecule has 2 rings (SSSR count). The second-order valence-electron chi connectivity index (χ2n) is 5.12. The second-order valence-corrected chi connectivity index (χ2v) is 5.12. The minimum atomic E-state index is -0.803. The first kappa shape index (κ1) is 17.7. The average molecular weight is 330 g/mol. The minimum Gasteiger partial charge on any atom is -0.490 e. The number of carbonyl (C=O) groups is 1. The van der Waals surface area contributed by atoms with Gasteiger partial charge < -0.3 is 19.3 Å². The zero-order valence-electron chi connectivity index (χ0n) is 13.7. The third kappa shape index (κ3) is 5.83. The maximum atomic E-state index is 10.6. The van der Waals surface area contributed by atoms with E-state index < -0.39 is 5.97 Å². The summed E-state index contributed by atoms with van der Waals surface area (Å²) < 4.78 is 16.9. The Kier molecular flexibility index (Phi) is 6.95. The standard InChI is InChI=1S/C19H22O5/c1-2-22-17-8-3-4-9-18(17)24-13-12-23-16-7-5-6-15(14-16)10-11-19(20)21/h3-9,14H,2,10-13H2,1H3,(H,20,21). The van der Waals surface area contributed by atoms with E-state index in [9.17, 15) is 4.79 Å². The van der Waals surface area contributed by atoms with Gasteiger partial charge in [0, 0.05) is 6.42 Å². The molecule has 0 saturated heterocycles. The molecule has 0 saturated carbocycles. The number of aryl methyl sites for hydroxylation is 1. The van der Waals surface area contributed by atoms with Gasteiger partial charge in [-0.25, -0.2) is 0 Å². The molecule has 24 heavy (non-hydrogen) atoms. The molecule has 5 heteroatoms. The number of hydrogen-bond donors (Lipinski definition) is 1. The molecule has 0 amide bonds. The van der Waals surface area contributed by atoms with E-state index in [0.717, 1.165) is 11.3 Å². The van der Waals surface area contributed by atoms with Crippen LogP contribution in [-0.2, 0) is 11.2 Å². The first-order valence-corrected chi connectivity index (χ1v) is 7.97. The summed E-state index contributed by atoms with van der Waals surface area (Å²) in [6.07, 6.45) is 0.603. The van der Waals surface area contributed by atoms with Crippen LogP contribution in [-0.4, -0.2) is 30.9 Å². The predicted octanol–water partition coefficient (Wildman–Crippen LogP) is 3.56. The van der Waals surface area contributed by atoms with Crippen LogP contribution < -0.4 is 14.2 Å². The van der Waals surface area contributed by atoms with Crippen molar-refractivity contribution in [3.05, 3.63) is 54.1 Å². The van der Waals surface area contributed by atoms with Crippen LogP contribution in [0.1, 0.15) is 18.9 Å². The van der Waals surface area contributed by atoms with E-state index in [1.807, 2.05) is 55.5 Å². The molecule has 0 aliphatic rings. The maximum absolute atomic E-state index is 10.6. The third-order valence-electron chi connectivity index (χ3n) is 3.28. The van der Waals surface area contributed by atoms with E-state index in [-0.39, 0.29) is 6.42 Å². The highest BCUT2D eigenvalue weighted by Crippen LogP contribution is 2.26. The van der Waals surface area contributed by atoms with Crippen molar-refractivity contribution in [2.75, 3.05) is 19.8 Å². The van der Waals surface area contributed by atoms with E-state index in [1.165, 1.54) is 0 Å². The third-order valence-corrected chi connectivity index (χ3v) is 3.28. The largest absolute Gasteiger partial charge is 0.490 e. The molecule has 0 spiro atoms. The van der Waals surface area contributed by atoms with Crippen LogP contribution in [0.3, 0.4) is 0 Å². The number of hydrogen-bond acceptors (Lipinski definition) is 4. The topological polar surface area (TPSA) is 65.0 Å². The van der Waals surface area contributed by atoms with E-state index >= 15 is 0 Å². The van der Waals surface area contributed by atoms with Gasteiger partial charge in [-0.3, -0.25) is 4.79 Å². The summed E-state index contributed by atoms with van der Waals surface area (Å²) >= 11 is 0. The van der Waals surface area contributed by atoms with Gasteiger partial charge in [-0.15, -0.1) is 0 Å². The molecule has 0 bridgehead atoms. The lowest BCUT2D eigenvalue weighted by Gasteiger charge is -2.12. The van der Waals surface area contributed by atoms with Crippen LogP contribution in [0, 0.1) is 0 Å². The van der Waals surface area contributed by atoms with Crippen LogP contribution in [0.25, 0.3) is 0 Å². The monoisotopic (exact) mass is 330 g/mol. The first-order chi connectivity index (χ1) is 11.7. The molecule has 5 nitrogen and oxygen atoms in total. The summed E-state index contributed by atoms with van der Waals surface area (Å²) in [5, 5.41) is 8.73. The van der Waals surface area contributed by atoms with E-state index in [4.69, 9.17) is 19.3 Å². The predicted molar refractivity (Wildman–Crippen MR) is 91.0 cm³/mol. The van der Waals surface area contributed by atoms with Crippen molar-refractivity contribution in [2.24, 2.45) is 0 Å². The molecular weight excluding hydrogens is 308 g/mol. The summed E-state index contributed by atoms with van der Waals surface area (Å²) in [6, 6.07) is 15.0. The number of rotatable bonds is 10. The fourth-order valence-electron chi connectivity index (χ4n) is 2.20. The Hall–Kier alpha value is -2.69. The van der Waals surface area contributed by atoms with Gasteiger partial charge in [0.25, 0.3) is 0 Å². The van der Waals surface area contributed by atoms with Crippen LogP contribution in [0.4, 0.5) is 0 Å². The summed E-state index contributed by atoms with van der Waals surface area (Å²) in [4.78, 5) is 10.6. The van der Waals surface area contributed by atoms with Crippen molar-refractivity contribution in [3.63, 3.8) is 0 Å². The summed E-state index contributed by atoms with van der Waals surface area (Å²) in [5.41, 5.74) is 0.942. The van der Waals surface area contributed by atoms with Gasteiger partial charge in [0.15, 0.2) is 11.5 Å². The Labute approximate surface area is 141 Å². The molecule has 2 aromatic carbocycles. The Morgan fingerprint density at radius 2 is 1.67 bits per heavy atom. The quantitative estimate of drug-likeness (QED) is 0.675. The van der Waals surface area contributed by atoms with Gasteiger partial charge in [-0.05, 0) is 43.2 Å². The highest BCUT2D eigenvalue weighted by molar-refractivity contribution is 5.67. The Morgan fingerprint density at radius 3 is 2.38 bits per heavy atom. The van der Waals surface area contributed by atoms with Crippen LogP contribution in [0.15, 0.2) is 48.5 Å². The molecule has 0 aliphatic carbocycles. The van der Waals surface area contributed by atoms with Gasteiger partial charge in [0.05, 0.1) is 6.61 Å². The zero-order valence-corrected chi connectivity index (χ0v) is 13.7. The fraction of sp³-hybridized carbons (Fsp3) is 0.316. The van der Waals surface area contributed by atoms with E-state index in [0.29, 0.717) is 37.7 Å². The van der Waals surface area contributed by atoms with Crippen molar-refractivity contribution < 1.29 is 24.1 Å². The highest BCUT2D eigenvalue weighted by atomic mass is 16.5. The summed E-state index contributed by atoms with van der Waals surface area (Å²) in [6.45, 7) is 3.30. The smallest absolute Gasteiger partial charge is 0.303 e. The second kappa shape index (κ2) is 9.45. The van der Waals surface area contributed by atoms with Gasteiger partial charge in [-0.2, -0.15) is 0 Å². The maximum Gasteiger partial charge on any atom is 0.303 e. The summed E-state index contributed by atoms with van der Waals surface area (Å²) in [5.74, 6) is 1.32. The zero-order chi connectivity index (χ0) is 17.2. The van der Waals surface area contributed by atoms with Crippen molar-refractivity contribution in [1.82, 2.24) is 0 Å². The van der Waals surface area contributed by atoms with Crippen LogP contribution >= 0.6 is 0 Å². The lowest BCUT2D eigenvalue weighted by Crippen LogP contribution is -2.10. The summed E-state index contributed by atoms with van der Waals surface area (Å²) in [7, 11) is 0. The van der Waals surface area contributed by atoms with Crippen molar-refractivity contribution >= 4 is 5.97 Å². The molecule has 0 atom stereocenters. The Morgan fingerprint density at radius 1 is 0.958 bits per heavy atom. The molecule has 2 aromatic rings. The molecule has 0 fully saturated rings. The van der Waals surface area contributed by atoms with Gasteiger partial charge in [-0.1, -0.05) is 24.3 Å². The highest BCUT2D eigenvalue weighted by Gasteiger charge is 2.04. The number of ether oxygens (including phenoxy) is 3. The lowest BCUT2D eigenvalue weighted by atomic mass is 10.1. The number of benzene rings is 2. The van der Waals surface area contributed by atoms with Gasteiger partial charge in [0.1, 0.15) is 19.0 Å². The van der Waals surface area contributed by atoms with Crippen molar-refractivity contribution in [2.45, 2.75) is 19.8 Å². The molecule has 0 heterocycles. The van der Waals surface area contributed by atoms with Crippen LogP contribution in [0.2, 0.25) is 0 Å². The van der Waals surface area contributed by atoms with E-state index in [1.54, 1.807) is 0 Å². The lowest BCUT2D eigenvalue weighted by molar-refractivity contribution is -0.136. The number of carboxylic acid groups (broad SMARTS) is 1. The first-order valence-electron chi connectivity index (χ1n) is 7.97. The van der Waals surface area contributed by atoms with Gasteiger partial charge >= 0.3 is 5.97 Å². The molecule has 0 radical (unpaired) electrons. The Balaban J connectivity index is 1.80. The van der Waals surface area contributed by atoms with Crippen LogP contribution in [0.5, 0.6) is 17.2 Å². The molecule has 0 aromatic heterocycles. The molecular formula is C19H22O5. The normalized spacial score (nSPS) is 10.2. The molecule has 0 aliphatic heterocycles. The number of aliphatic carboxylic acids is 1. The average Bonchev–Trinajstić information content (AvgIpc) is 2.59. The SMILES string of the molecule is CCOc1ccccc1OCCOc1cccc(CCC(=O)O)c1. The molecule has 128 valence electrons. The van der Waals surface area contributed by atoms with E-state index in [2.05, 4.69) is 0 Å². The fourth-order valence-corrected chi connectivity index (χ4v) is 2.20.